The van der Waals surface area contributed by atoms with E-state index >= 15 is 0 Å². The summed E-state index contributed by atoms with van der Waals surface area (Å²) in [6, 6.07) is 7.40. The highest BCUT2D eigenvalue weighted by Crippen LogP contribution is 2.25. The van der Waals surface area contributed by atoms with Gasteiger partial charge in [-0.1, -0.05) is 28.7 Å². The van der Waals surface area contributed by atoms with Crippen LogP contribution in [0.15, 0.2) is 36.8 Å². The van der Waals surface area contributed by atoms with Gasteiger partial charge in [-0.3, -0.25) is 4.98 Å². The van der Waals surface area contributed by atoms with Gasteiger partial charge >= 0.3 is 5.95 Å². The summed E-state index contributed by atoms with van der Waals surface area (Å²) in [7, 11) is 0. The van der Waals surface area contributed by atoms with E-state index < -0.39 is 10.9 Å². The minimum atomic E-state index is -0.639. The molecule has 0 radical (unpaired) electrons. The summed E-state index contributed by atoms with van der Waals surface area (Å²) in [6.07, 6.45) is 2.97. The Hall–Kier alpha value is -2.54. The number of fused-ring (bicyclic) bond motifs is 1. The molecule has 7 nitrogen and oxygen atoms in total. The highest BCUT2D eigenvalue weighted by molar-refractivity contribution is 6.32. The number of nitrogens with zero attached hydrogens (tertiary/aromatic N) is 5. The third kappa shape index (κ3) is 2.19. The maximum Gasteiger partial charge on any atom is 0.490 e. The largest absolute Gasteiger partial charge is 0.490 e. The van der Waals surface area contributed by atoms with Crippen molar-refractivity contribution in [2.75, 3.05) is 0 Å². The third-order valence-corrected chi connectivity index (χ3v) is 3.18. The van der Waals surface area contributed by atoms with Gasteiger partial charge in [0.25, 0.3) is 0 Å². The van der Waals surface area contributed by atoms with Crippen molar-refractivity contribution in [3.8, 4) is 0 Å². The van der Waals surface area contributed by atoms with Gasteiger partial charge in [0.2, 0.25) is 6.33 Å². The van der Waals surface area contributed by atoms with Gasteiger partial charge in [-0.05, 0) is 17.1 Å². The van der Waals surface area contributed by atoms with Crippen LogP contribution >= 0.6 is 11.6 Å². The molecule has 0 unspecified atom stereocenters. The lowest BCUT2D eigenvalue weighted by atomic mass is 10.1. The molecule has 0 atom stereocenters. The van der Waals surface area contributed by atoms with Crippen molar-refractivity contribution in [3.05, 3.63) is 57.5 Å². The van der Waals surface area contributed by atoms with Gasteiger partial charge in [-0.2, -0.15) is 4.68 Å². The van der Waals surface area contributed by atoms with Gasteiger partial charge in [-0.15, -0.1) is 0 Å². The Labute approximate surface area is 118 Å². The number of hydrogen-bond donors (Lipinski definition) is 0. The van der Waals surface area contributed by atoms with Crippen LogP contribution in [0.25, 0.3) is 10.9 Å². The first-order valence-corrected chi connectivity index (χ1v) is 6.09. The summed E-state index contributed by atoms with van der Waals surface area (Å²) in [4.78, 5) is 17.8. The van der Waals surface area contributed by atoms with E-state index in [2.05, 4.69) is 15.1 Å². The molecule has 1 aromatic carbocycles. The van der Waals surface area contributed by atoms with E-state index in [-0.39, 0.29) is 6.54 Å². The summed E-state index contributed by atoms with van der Waals surface area (Å²) < 4.78 is 1.37. The van der Waals surface area contributed by atoms with Crippen LogP contribution in [-0.4, -0.2) is 24.7 Å². The Morgan fingerprint density at radius 3 is 2.90 bits per heavy atom. The van der Waals surface area contributed by atoms with Crippen LogP contribution < -0.4 is 0 Å². The van der Waals surface area contributed by atoms with Gasteiger partial charge in [0, 0.05) is 27.3 Å². The molecule has 0 aliphatic rings. The first kappa shape index (κ1) is 12.5. The Morgan fingerprint density at radius 1 is 1.30 bits per heavy atom. The van der Waals surface area contributed by atoms with Gasteiger partial charge < -0.3 is 10.1 Å². The highest BCUT2D eigenvalue weighted by Gasteiger charge is 2.15. The SMILES string of the molecule is O=[N+]([O-])c1ncn(Cc2c(Cl)ccc3cccnc23)n1. The number of halogens is 1. The molecule has 0 spiro atoms. The van der Waals surface area contributed by atoms with Crippen LogP contribution in [0.2, 0.25) is 5.02 Å². The number of aromatic nitrogens is 4. The summed E-state index contributed by atoms with van der Waals surface area (Å²) in [5, 5.41) is 15.8. The molecule has 0 amide bonds. The van der Waals surface area contributed by atoms with Crippen molar-refractivity contribution in [2.45, 2.75) is 6.54 Å². The average Bonchev–Trinajstić information content (AvgIpc) is 2.91. The minimum Gasteiger partial charge on any atom is -0.390 e. The molecule has 0 saturated heterocycles. The molecule has 0 aliphatic carbocycles. The normalized spacial score (nSPS) is 10.8. The molecule has 2 heterocycles. The second-order valence-corrected chi connectivity index (χ2v) is 4.51. The predicted molar refractivity (Wildman–Crippen MR) is 72.5 cm³/mol. The molecule has 0 bridgehead atoms. The van der Waals surface area contributed by atoms with Crippen molar-refractivity contribution in [2.24, 2.45) is 0 Å². The smallest absolute Gasteiger partial charge is 0.390 e. The number of hydrogen-bond acceptors (Lipinski definition) is 5. The first-order valence-electron chi connectivity index (χ1n) is 5.71. The van der Waals surface area contributed by atoms with Crippen molar-refractivity contribution in [1.29, 1.82) is 0 Å². The van der Waals surface area contributed by atoms with Crippen molar-refractivity contribution < 1.29 is 4.92 Å². The van der Waals surface area contributed by atoms with Crippen LogP contribution in [0, 0.1) is 10.1 Å². The van der Waals surface area contributed by atoms with E-state index in [9.17, 15) is 10.1 Å². The fraction of sp³-hybridized carbons (Fsp3) is 0.0833. The van der Waals surface area contributed by atoms with E-state index in [1.807, 2.05) is 18.2 Å². The lowest BCUT2D eigenvalue weighted by Gasteiger charge is -2.06. The minimum absolute atomic E-state index is 0.272. The highest BCUT2D eigenvalue weighted by atomic mass is 35.5. The van der Waals surface area contributed by atoms with E-state index in [4.69, 9.17) is 11.6 Å². The van der Waals surface area contributed by atoms with E-state index in [0.29, 0.717) is 5.02 Å². The molecule has 0 aliphatic heterocycles. The second kappa shape index (κ2) is 4.86. The molecule has 2 aromatic heterocycles. The number of rotatable bonds is 3. The zero-order valence-corrected chi connectivity index (χ0v) is 10.9. The molecule has 8 heteroatoms. The van der Waals surface area contributed by atoms with Gasteiger partial charge in [-0.25, -0.2) is 0 Å². The van der Waals surface area contributed by atoms with Crippen molar-refractivity contribution >= 4 is 28.5 Å². The van der Waals surface area contributed by atoms with Crippen LogP contribution in [0.4, 0.5) is 5.95 Å². The fourth-order valence-electron chi connectivity index (χ4n) is 1.94. The summed E-state index contributed by atoms with van der Waals surface area (Å²) >= 11 is 6.19. The molecular formula is C12H8ClN5O2. The Balaban J connectivity index is 2.05. The average molecular weight is 290 g/mol. The zero-order chi connectivity index (χ0) is 14.1. The van der Waals surface area contributed by atoms with Gasteiger partial charge in [0.15, 0.2) is 0 Å². The lowest BCUT2D eigenvalue weighted by molar-refractivity contribution is -0.394. The van der Waals surface area contributed by atoms with E-state index in [0.717, 1.165) is 16.5 Å². The Kier molecular flexibility index (Phi) is 3.03. The van der Waals surface area contributed by atoms with Crippen LogP contribution in [0.5, 0.6) is 0 Å². The maximum atomic E-state index is 10.6. The number of benzene rings is 1. The zero-order valence-electron chi connectivity index (χ0n) is 10.1. The molecule has 3 rings (SSSR count). The van der Waals surface area contributed by atoms with Crippen LogP contribution in [0.1, 0.15) is 5.56 Å². The number of pyridine rings is 1. The molecule has 3 aromatic rings. The van der Waals surface area contributed by atoms with Crippen molar-refractivity contribution in [1.82, 2.24) is 19.7 Å². The molecule has 0 N–H and O–H groups in total. The van der Waals surface area contributed by atoms with Crippen LogP contribution in [0.3, 0.4) is 0 Å². The Morgan fingerprint density at radius 2 is 2.15 bits per heavy atom. The fourth-order valence-corrected chi connectivity index (χ4v) is 2.15. The molecular weight excluding hydrogens is 282 g/mol. The van der Waals surface area contributed by atoms with E-state index in [1.54, 1.807) is 12.3 Å². The van der Waals surface area contributed by atoms with E-state index in [1.165, 1.54) is 11.0 Å². The second-order valence-electron chi connectivity index (χ2n) is 4.10. The van der Waals surface area contributed by atoms with Gasteiger partial charge in [0.1, 0.15) is 0 Å². The van der Waals surface area contributed by atoms with Crippen molar-refractivity contribution in [3.63, 3.8) is 0 Å². The topological polar surface area (TPSA) is 86.7 Å². The monoisotopic (exact) mass is 289 g/mol. The Bertz CT molecular complexity index is 801. The molecule has 0 fully saturated rings. The predicted octanol–water partition coefficient (Wildman–Crippen LogP) is 2.44. The maximum absolute atomic E-state index is 10.6. The number of nitro groups is 1. The molecule has 0 saturated carbocycles. The quantitative estimate of drug-likeness (QED) is 0.546. The standard InChI is InChI=1S/C12H8ClN5O2/c13-10-4-3-8-2-1-5-14-11(8)9(10)6-17-7-15-12(16-17)18(19)20/h1-5,7H,6H2. The lowest BCUT2D eigenvalue weighted by Crippen LogP contribution is -2.03. The summed E-state index contributed by atoms with van der Waals surface area (Å²) in [5.41, 5.74) is 1.50. The first-order chi connectivity index (χ1) is 9.65. The van der Waals surface area contributed by atoms with Crippen LogP contribution in [-0.2, 0) is 6.54 Å². The molecule has 100 valence electrons. The third-order valence-electron chi connectivity index (χ3n) is 2.83. The summed E-state index contributed by atoms with van der Waals surface area (Å²) in [5.74, 6) is -0.436. The summed E-state index contributed by atoms with van der Waals surface area (Å²) in [6.45, 7) is 0.272. The molecule has 20 heavy (non-hydrogen) atoms. The van der Waals surface area contributed by atoms with Gasteiger partial charge in [0.05, 0.1) is 12.1 Å².